The number of rotatable bonds is 8. The molecule has 0 spiro atoms. The van der Waals surface area contributed by atoms with Crippen LogP contribution in [0.15, 0.2) is 0 Å². The fourth-order valence-electron chi connectivity index (χ4n) is 2.82. The summed E-state index contributed by atoms with van der Waals surface area (Å²) in [5.41, 5.74) is -0.371. The van der Waals surface area contributed by atoms with Crippen LogP contribution in [0.4, 0.5) is 4.79 Å². The predicted molar refractivity (Wildman–Crippen MR) is 103 cm³/mol. The van der Waals surface area contributed by atoms with Crippen LogP contribution in [0.3, 0.4) is 0 Å². The summed E-state index contributed by atoms with van der Waals surface area (Å²) >= 11 is 0. The van der Waals surface area contributed by atoms with Gasteiger partial charge < -0.3 is 29.0 Å². The third-order valence-corrected chi connectivity index (χ3v) is 5.90. The van der Waals surface area contributed by atoms with E-state index in [4.69, 9.17) is 18.9 Å². The third kappa shape index (κ3) is 8.35. The molecular weight excluding hydrogens is 354 g/mol. The molecule has 8 heteroatoms. The second-order valence-electron chi connectivity index (χ2n) is 8.99. The van der Waals surface area contributed by atoms with E-state index >= 15 is 0 Å². The van der Waals surface area contributed by atoms with Gasteiger partial charge >= 0.3 is 6.09 Å². The minimum absolute atomic E-state index is 0.146. The monoisotopic (exact) mass is 391 g/mol. The minimum Gasteiger partial charge on any atom is -0.453 e. The first-order valence-electron chi connectivity index (χ1n) is 9.30. The molecule has 26 heavy (non-hydrogen) atoms. The van der Waals surface area contributed by atoms with Crippen molar-refractivity contribution in [3.05, 3.63) is 0 Å². The summed E-state index contributed by atoms with van der Waals surface area (Å²) in [6.07, 6.45) is -1.11. The van der Waals surface area contributed by atoms with E-state index in [2.05, 4.69) is 19.6 Å². The van der Waals surface area contributed by atoms with E-state index in [9.17, 15) is 9.90 Å². The maximum atomic E-state index is 12.0. The highest BCUT2D eigenvalue weighted by atomic mass is 28.3. The standard InChI is InChI=1S/C18H37NO6Si/c1-18(2,3)25-15-8-9-19(17(21)22-4)14(16(15)20)12-24-13-23-10-11-26(5,6)7/h14-16,20H,8-13H2,1-7H3/t14-,15-,16-/m1/s1. The third-order valence-electron chi connectivity index (χ3n) is 4.20. The Morgan fingerprint density at radius 3 is 2.42 bits per heavy atom. The molecule has 1 aliphatic rings. The largest absolute Gasteiger partial charge is 0.453 e. The Morgan fingerprint density at radius 1 is 1.23 bits per heavy atom. The van der Waals surface area contributed by atoms with Crippen molar-refractivity contribution in [1.82, 2.24) is 4.90 Å². The summed E-state index contributed by atoms with van der Waals surface area (Å²) in [6.45, 7) is 14.2. The van der Waals surface area contributed by atoms with E-state index in [1.807, 2.05) is 20.8 Å². The predicted octanol–water partition coefficient (Wildman–Crippen LogP) is 2.70. The number of hydrogen-bond acceptors (Lipinski definition) is 6. The smallest absolute Gasteiger partial charge is 0.409 e. The molecule has 0 unspecified atom stereocenters. The van der Waals surface area contributed by atoms with Gasteiger partial charge in [-0.25, -0.2) is 4.79 Å². The number of carbonyl (C=O) groups is 1. The van der Waals surface area contributed by atoms with Gasteiger partial charge in [0, 0.05) is 21.2 Å². The van der Waals surface area contributed by atoms with E-state index < -0.39 is 26.3 Å². The molecular formula is C18H37NO6Si. The zero-order valence-corrected chi connectivity index (χ0v) is 18.4. The number of methoxy groups -OCH3 is 1. The number of piperidine rings is 1. The number of likely N-dealkylation sites (tertiary alicyclic amines) is 1. The topological polar surface area (TPSA) is 77.5 Å². The highest BCUT2D eigenvalue weighted by Gasteiger charge is 2.41. The van der Waals surface area contributed by atoms with Crippen LogP contribution in [-0.4, -0.2) is 81.7 Å². The Morgan fingerprint density at radius 2 is 1.88 bits per heavy atom. The first-order chi connectivity index (χ1) is 11.9. The van der Waals surface area contributed by atoms with Gasteiger partial charge in [-0.3, -0.25) is 0 Å². The molecule has 1 saturated heterocycles. The van der Waals surface area contributed by atoms with Crippen molar-refractivity contribution in [3.63, 3.8) is 0 Å². The zero-order chi connectivity index (χ0) is 20.0. The van der Waals surface area contributed by atoms with Gasteiger partial charge in [-0.15, -0.1) is 0 Å². The molecule has 0 aromatic carbocycles. The van der Waals surface area contributed by atoms with Crippen LogP contribution in [-0.2, 0) is 18.9 Å². The number of nitrogens with zero attached hydrogens (tertiary/aromatic N) is 1. The molecule has 1 fully saturated rings. The number of aliphatic hydroxyl groups excluding tert-OH is 1. The van der Waals surface area contributed by atoms with Gasteiger partial charge in [0.2, 0.25) is 0 Å². The summed E-state index contributed by atoms with van der Waals surface area (Å²) < 4.78 is 21.9. The Hall–Kier alpha value is -0.673. The van der Waals surface area contributed by atoms with Crippen LogP contribution in [0.5, 0.6) is 0 Å². The summed E-state index contributed by atoms with van der Waals surface area (Å²) in [7, 11) is 0.207. The molecule has 7 nitrogen and oxygen atoms in total. The molecule has 1 N–H and O–H groups in total. The number of hydrogen-bond donors (Lipinski definition) is 1. The molecule has 154 valence electrons. The zero-order valence-electron chi connectivity index (χ0n) is 17.4. The van der Waals surface area contributed by atoms with Gasteiger partial charge in [0.05, 0.1) is 31.5 Å². The first kappa shape index (κ1) is 23.4. The van der Waals surface area contributed by atoms with E-state index in [1.165, 1.54) is 12.0 Å². The van der Waals surface area contributed by atoms with Gasteiger partial charge in [0.1, 0.15) is 12.9 Å². The second-order valence-corrected chi connectivity index (χ2v) is 14.6. The van der Waals surface area contributed by atoms with Gasteiger partial charge in [-0.2, -0.15) is 0 Å². The van der Waals surface area contributed by atoms with E-state index in [1.54, 1.807) is 0 Å². The van der Waals surface area contributed by atoms with Crippen molar-refractivity contribution in [2.24, 2.45) is 0 Å². The lowest BCUT2D eigenvalue weighted by Crippen LogP contribution is -2.60. The summed E-state index contributed by atoms with van der Waals surface area (Å²) in [6, 6.07) is 0.544. The molecule has 1 aliphatic heterocycles. The highest BCUT2D eigenvalue weighted by Crippen LogP contribution is 2.25. The lowest BCUT2D eigenvalue weighted by atomic mass is 9.96. The molecule has 0 aliphatic carbocycles. The van der Waals surface area contributed by atoms with Gasteiger partial charge in [-0.05, 0) is 33.2 Å². The normalized spacial score (nSPS) is 24.6. The summed E-state index contributed by atoms with van der Waals surface area (Å²) in [5, 5.41) is 10.7. The van der Waals surface area contributed by atoms with Crippen molar-refractivity contribution < 1.29 is 28.8 Å². The van der Waals surface area contributed by atoms with Crippen LogP contribution >= 0.6 is 0 Å². The number of aliphatic hydroxyl groups is 1. The number of amides is 1. The number of carbonyl (C=O) groups excluding carboxylic acids is 1. The molecule has 0 radical (unpaired) electrons. The Balaban J connectivity index is 2.57. The fraction of sp³-hybridized carbons (Fsp3) is 0.944. The molecule has 0 aromatic heterocycles. The first-order valence-corrected chi connectivity index (χ1v) is 13.0. The molecule has 0 bridgehead atoms. The Kier molecular flexibility index (Phi) is 9.01. The van der Waals surface area contributed by atoms with Crippen molar-refractivity contribution in [3.8, 4) is 0 Å². The van der Waals surface area contributed by atoms with Crippen molar-refractivity contribution in [2.75, 3.05) is 33.7 Å². The highest BCUT2D eigenvalue weighted by molar-refractivity contribution is 6.76. The van der Waals surface area contributed by atoms with Crippen LogP contribution in [0.25, 0.3) is 0 Å². The van der Waals surface area contributed by atoms with Crippen molar-refractivity contribution in [2.45, 2.75) is 76.7 Å². The Bertz CT molecular complexity index is 434. The molecule has 0 saturated carbocycles. The maximum absolute atomic E-state index is 12.0. The lowest BCUT2D eigenvalue weighted by Gasteiger charge is -2.43. The van der Waals surface area contributed by atoms with E-state index in [0.717, 1.165) is 6.04 Å². The SMILES string of the molecule is COC(=O)N1CC[C@@H](OC(C)(C)C)[C@H](O)[C@H]1COCOCC[Si](C)(C)C. The minimum atomic E-state index is -1.13. The van der Waals surface area contributed by atoms with E-state index in [0.29, 0.717) is 19.6 Å². The van der Waals surface area contributed by atoms with E-state index in [-0.39, 0.29) is 25.1 Å². The molecule has 1 heterocycles. The molecule has 0 aromatic rings. The van der Waals surface area contributed by atoms with Crippen molar-refractivity contribution in [1.29, 1.82) is 0 Å². The average Bonchev–Trinajstić information content (AvgIpc) is 2.50. The molecule has 1 rings (SSSR count). The van der Waals surface area contributed by atoms with Gasteiger partial charge in [-0.1, -0.05) is 19.6 Å². The second kappa shape index (κ2) is 10.0. The molecule has 3 atom stereocenters. The summed E-state index contributed by atoms with van der Waals surface area (Å²) in [5.74, 6) is 0. The lowest BCUT2D eigenvalue weighted by molar-refractivity contribution is -0.164. The summed E-state index contributed by atoms with van der Waals surface area (Å²) in [4.78, 5) is 13.5. The van der Waals surface area contributed by atoms with Crippen LogP contribution in [0.2, 0.25) is 25.7 Å². The average molecular weight is 392 g/mol. The number of ether oxygens (including phenoxy) is 4. The Labute approximate surface area is 158 Å². The quantitative estimate of drug-likeness (QED) is 0.389. The van der Waals surface area contributed by atoms with Crippen molar-refractivity contribution >= 4 is 14.2 Å². The van der Waals surface area contributed by atoms with Crippen LogP contribution in [0.1, 0.15) is 27.2 Å². The van der Waals surface area contributed by atoms with Crippen LogP contribution in [0, 0.1) is 0 Å². The van der Waals surface area contributed by atoms with Gasteiger partial charge in [0.25, 0.3) is 0 Å². The maximum Gasteiger partial charge on any atom is 0.409 e. The van der Waals surface area contributed by atoms with Gasteiger partial charge in [0.15, 0.2) is 0 Å². The molecule has 1 amide bonds. The van der Waals surface area contributed by atoms with Crippen LogP contribution < -0.4 is 0 Å². The fourth-order valence-corrected chi connectivity index (χ4v) is 3.57.